The number of aliphatic carboxylic acids is 1. The fourth-order valence-electron chi connectivity index (χ4n) is 4.98. The molecule has 8 nitrogen and oxygen atoms in total. The molecule has 1 atom stereocenters. The van der Waals surface area contributed by atoms with Crippen LogP contribution in [0.5, 0.6) is 5.75 Å². The zero-order chi connectivity index (χ0) is 31.7. The second-order valence-electron chi connectivity index (χ2n) is 11.5. The van der Waals surface area contributed by atoms with E-state index in [1.165, 1.54) is 12.1 Å². The van der Waals surface area contributed by atoms with Crippen LogP contribution in [0.3, 0.4) is 0 Å². The summed E-state index contributed by atoms with van der Waals surface area (Å²) >= 11 is 6.24. The van der Waals surface area contributed by atoms with Gasteiger partial charge in [-0.05, 0) is 94.2 Å². The van der Waals surface area contributed by atoms with Crippen LogP contribution in [-0.4, -0.2) is 60.9 Å². The van der Waals surface area contributed by atoms with Gasteiger partial charge in [-0.25, -0.2) is 22.3 Å². The lowest BCUT2D eigenvalue weighted by molar-refractivity contribution is -0.192. The Labute approximate surface area is 252 Å². The molecule has 1 saturated heterocycles. The van der Waals surface area contributed by atoms with E-state index in [1.807, 2.05) is 22.9 Å². The Hall–Kier alpha value is -2.90. The van der Waals surface area contributed by atoms with Gasteiger partial charge in [0.15, 0.2) is 0 Å². The summed E-state index contributed by atoms with van der Waals surface area (Å²) in [5.41, 5.74) is 1.39. The highest BCUT2D eigenvalue weighted by Gasteiger charge is 2.39. The van der Waals surface area contributed by atoms with Crippen molar-refractivity contribution in [3.8, 4) is 5.75 Å². The van der Waals surface area contributed by atoms with Crippen LogP contribution in [-0.2, 0) is 20.4 Å². The molecule has 5 rings (SSSR count). The summed E-state index contributed by atoms with van der Waals surface area (Å²) in [6.45, 7) is 5.92. The number of benzene rings is 2. The normalized spacial score (nSPS) is 19.7. The lowest BCUT2D eigenvalue weighted by Gasteiger charge is -2.44. The predicted molar refractivity (Wildman–Crippen MR) is 151 cm³/mol. The molecule has 2 aromatic rings. The number of hydrogen-bond acceptors (Lipinski definition) is 6. The van der Waals surface area contributed by atoms with Crippen LogP contribution in [0.2, 0.25) is 5.02 Å². The van der Waals surface area contributed by atoms with Crippen molar-refractivity contribution in [3.05, 3.63) is 63.9 Å². The number of ether oxygens (including phenoxy) is 1. The Morgan fingerprint density at radius 3 is 2.28 bits per heavy atom. The van der Waals surface area contributed by atoms with Gasteiger partial charge in [0.2, 0.25) is 10.0 Å². The van der Waals surface area contributed by atoms with Crippen molar-refractivity contribution in [2.45, 2.75) is 81.4 Å². The predicted octanol–water partition coefficient (Wildman–Crippen LogP) is 5.99. The molecular weight excluding hydrogens is 616 g/mol. The maximum absolute atomic E-state index is 15.1. The van der Waals surface area contributed by atoms with Gasteiger partial charge in [0.25, 0.3) is 5.91 Å². The summed E-state index contributed by atoms with van der Waals surface area (Å²) in [4.78, 5) is 23.9. The minimum Gasteiger partial charge on any atom is -0.489 e. The number of piperidine rings is 1. The second-order valence-corrected chi connectivity index (χ2v) is 13.9. The molecular formula is C29H33ClF4N2O6S. The first kappa shape index (κ1) is 33.0. The van der Waals surface area contributed by atoms with Gasteiger partial charge in [-0.1, -0.05) is 23.7 Å². The van der Waals surface area contributed by atoms with Crippen molar-refractivity contribution >= 4 is 33.5 Å². The summed E-state index contributed by atoms with van der Waals surface area (Å²) in [6, 6.07) is 10.6. The third kappa shape index (κ3) is 8.39. The molecule has 0 unspecified atom stereocenters. The largest absolute Gasteiger partial charge is 0.490 e. The number of rotatable bonds is 8. The van der Waals surface area contributed by atoms with Crippen LogP contribution < -0.4 is 9.46 Å². The minimum atomic E-state index is -5.08. The van der Waals surface area contributed by atoms with E-state index in [4.69, 9.17) is 26.2 Å². The molecule has 14 heteroatoms. The molecule has 1 amide bonds. The number of nitrogens with one attached hydrogen (secondary N) is 1. The third-order valence-corrected chi connectivity index (χ3v) is 9.85. The molecule has 1 aliphatic heterocycles. The zero-order valence-corrected chi connectivity index (χ0v) is 25.2. The summed E-state index contributed by atoms with van der Waals surface area (Å²) < 4.78 is 79.6. The molecule has 43 heavy (non-hydrogen) atoms. The number of amides is 1. The summed E-state index contributed by atoms with van der Waals surface area (Å²) in [5.74, 6) is -3.81. The Kier molecular flexibility index (Phi) is 9.68. The molecule has 2 aliphatic carbocycles. The fraction of sp³-hybridized carbons (Fsp3) is 0.517. The van der Waals surface area contributed by atoms with E-state index >= 15 is 4.39 Å². The van der Waals surface area contributed by atoms with Crippen LogP contribution in [0.25, 0.3) is 0 Å². The van der Waals surface area contributed by atoms with Crippen molar-refractivity contribution in [3.63, 3.8) is 0 Å². The van der Waals surface area contributed by atoms with Crippen LogP contribution >= 0.6 is 11.6 Å². The first-order valence-corrected chi connectivity index (χ1v) is 15.8. The molecule has 236 valence electrons. The number of sulfonamides is 1. The van der Waals surface area contributed by atoms with Crippen LogP contribution in [0, 0.1) is 5.82 Å². The van der Waals surface area contributed by atoms with Gasteiger partial charge in [0.1, 0.15) is 17.7 Å². The van der Waals surface area contributed by atoms with Crippen LogP contribution in [0.15, 0.2) is 36.4 Å². The molecule has 3 aliphatic rings. The molecule has 0 aromatic heterocycles. The van der Waals surface area contributed by atoms with Gasteiger partial charge in [-0.15, -0.1) is 0 Å². The number of carbonyl (C=O) groups is 2. The van der Waals surface area contributed by atoms with E-state index in [0.29, 0.717) is 30.2 Å². The Balaban J connectivity index is 0.000000541. The minimum absolute atomic E-state index is 0.135. The third-order valence-electron chi connectivity index (χ3n) is 7.80. The molecule has 2 N–H and O–H groups in total. The maximum atomic E-state index is 15.1. The number of carboxylic acids is 1. The summed E-state index contributed by atoms with van der Waals surface area (Å²) in [6.07, 6.45) is -0.519. The molecule has 1 heterocycles. The topological polar surface area (TPSA) is 113 Å². The number of likely N-dealkylation sites (tertiary alicyclic amines) is 1. The van der Waals surface area contributed by atoms with Gasteiger partial charge >= 0.3 is 12.1 Å². The van der Waals surface area contributed by atoms with Gasteiger partial charge in [-0.2, -0.15) is 13.2 Å². The van der Waals surface area contributed by atoms with Gasteiger partial charge in [-0.3, -0.25) is 9.69 Å². The van der Waals surface area contributed by atoms with E-state index in [-0.39, 0.29) is 23.1 Å². The van der Waals surface area contributed by atoms with E-state index in [0.717, 1.165) is 43.4 Å². The molecule has 0 spiro atoms. The van der Waals surface area contributed by atoms with E-state index in [9.17, 15) is 26.4 Å². The van der Waals surface area contributed by atoms with E-state index < -0.39 is 39.1 Å². The highest BCUT2D eigenvalue weighted by atomic mass is 35.5. The molecule has 0 bridgehead atoms. The molecule has 2 saturated carbocycles. The number of hydrogen-bond donors (Lipinski definition) is 2. The van der Waals surface area contributed by atoms with Crippen LogP contribution in [0.1, 0.15) is 79.8 Å². The molecule has 0 radical (unpaired) electrons. The summed E-state index contributed by atoms with van der Waals surface area (Å²) in [7, 11) is -3.76. The quantitative estimate of drug-likeness (QED) is 0.338. The Morgan fingerprint density at radius 1 is 1.07 bits per heavy atom. The number of halogens is 5. The standard InChI is InChI=1S/C27H32ClFN2O4S.C2HF3O2/c1-27(2,18-5-3-6-19(28)13-18)31-12-4-7-20(16-31)35-25-15-24(29)23(14-22(25)17-8-9-17)26(32)30-36(33,34)21-10-11-21;3-2(4,5)1(6)7/h3,5-6,13-15,17,20-21H,4,7-12,16H2,1-2H3,(H,30,32);(H,6,7)/t20-;/m1./s1. The van der Waals surface area contributed by atoms with Crippen LogP contribution in [0.4, 0.5) is 17.6 Å². The SMILES string of the molecule is CC(C)(c1cccc(Cl)c1)N1CCC[C@@H](Oc2cc(F)c(C(=O)NS(=O)(=O)C3CC3)cc2C2CC2)C1.O=C(O)C(F)(F)F. The fourth-order valence-corrected chi connectivity index (χ4v) is 6.46. The monoisotopic (exact) mass is 648 g/mol. The van der Waals surface area contributed by atoms with Crippen molar-refractivity contribution in [1.82, 2.24) is 9.62 Å². The number of nitrogens with zero attached hydrogens (tertiary/aromatic N) is 1. The number of carbonyl (C=O) groups excluding carboxylic acids is 1. The number of carboxylic acid groups (broad SMARTS) is 1. The second kappa shape index (κ2) is 12.6. The Bertz CT molecular complexity index is 1480. The lowest BCUT2D eigenvalue weighted by Crippen LogP contribution is -2.50. The first-order valence-electron chi connectivity index (χ1n) is 13.9. The highest BCUT2D eigenvalue weighted by Crippen LogP contribution is 2.46. The van der Waals surface area contributed by atoms with Gasteiger partial charge in [0, 0.05) is 23.2 Å². The van der Waals surface area contributed by atoms with E-state index in [1.54, 1.807) is 0 Å². The lowest BCUT2D eigenvalue weighted by atomic mass is 9.89. The first-order chi connectivity index (χ1) is 20.0. The van der Waals surface area contributed by atoms with Gasteiger partial charge < -0.3 is 9.84 Å². The van der Waals surface area contributed by atoms with E-state index in [2.05, 4.69) is 24.8 Å². The van der Waals surface area contributed by atoms with Crippen molar-refractivity contribution in [2.24, 2.45) is 0 Å². The molecule has 3 fully saturated rings. The smallest absolute Gasteiger partial charge is 0.489 e. The highest BCUT2D eigenvalue weighted by molar-refractivity contribution is 7.91. The Morgan fingerprint density at radius 2 is 1.72 bits per heavy atom. The van der Waals surface area contributed by atoms with Crippen molar-refractivity contribution in [1.29, 1.82) is 0 Å². The zero-order valence-electron chi connectivity index (χ0n) is 23.6. The van der Waals surface area contributed by atoms with Crippen molar-refractivity contribution in [2.75, 3.05) is 13.1 Å². The average molecular weight is 649 g/mol. The molecule has 2 aromatic carbocycles. The maximum Gasteiger partial charge on any atom is 0.490 e. The van der Waals surface area contributed by atoms with Gasteiger partial charge in [0.05, 0.1) is 10.8 Å². The van der Waals surface area contributed by atoms with Crippen molar-refractivity contribution < 1.29 is 45.4 Å². The number of alkyl halides is 3. The summed E-state index contributed by atoms with van der Waals surface area (Å²) in [5, 5.41) is 7.27. The average Bonchev–Trinajstić information content (AvgIpc) is 3.81.